The fraction of sp³-hybridized carbons (Fsp3) is 0.467. The van der Waals surface area contributed by atoms with Crippen molar-refractivity contribution in [1.29, 1.82) is 0 Å². The lowest BCUT2D eigenvalue weighted by molar-refractivity contribution is 0.434. The highest BCUT2D eigenvalue weighted by atomic mass is 14.2. The fourth-order valence-electron chi connectivity index (χ4n) is 2.19. The molecule has 0 N–H and O–H groups in total. The van der Waals surface area contributed by atoms with Gasteiger partial charge in [-0.3, -0.25) is 0 Å². The van der Waals surface area contributed by atoms with Crippen LogP contribution in [0.1, 0.15) is 33.6 Å². The predicted octanol–water partition coefficient (Wildman–Crippen LogP) is 4.11. The molecule has 0 bridgehead atoms. The lowest BCUT2D eigenvalue weighted by Gasteiger charge is -2.26. The third kappa shape index (κ3) is 3.13. The van der Waals surface area contributed by atoms with Gasteiger partial charge in [0.1, 0.15) is 0 Å². The Hall–Kier alpha value is -1.22. The molecule has 0 fully saturated rings. The van der Waals surface area contributed by atoms with Gasteiger partial charge in [0.15, 0.2) is 0 Å². The smallest absolute Gasteiger partial charge is 0.0119 e. The Kier molecular flexibility index (Phi) is 4.43. The highest BCUT2D eigenvalue weighted by Crippen LogP contribution is 2.32. The number of rotatable bonds is 2. The molecule has 1 aliphatic carbocycles. The van der Waals surface area contributed by atoms with Crippen LogP contribution in [-0.4, -0.2) is 0 Å². The van der Waals surface area contributed by atoms with Crippen LogP contribution in [0.25, 0.3) is 0 Å². The molecule has 0 aliphatic heterocycles. The zero-order valence-electron chi connectivity index (χ0n) is 9.96. The monoisotopic (exact) mass is 200 g/mol. The summed E-state index contributed by atoms with van der Waals surface area (Å²) < 4.78 is 0. The minimum atomic E-state index is 0.660. The maximum Gasteiger partial charge on any atom is -0.0119 e. The number of hydrogen-bond acceptors (Lipinski definition) is 0. The van der Waals surface area contributed by atoms with Crippen LogP contribution >= 0.6 is 0 Å². The molecule has 0 nitrogen and oxygen atoms in total. The van der Waals surface area contributed by atoms with Crippen LogP contribution in [-0.2, 0) is 0 Å². The van der Waals surface area contributed by atoms with Crippen molar-refractivity contribution in [2.24, 2.45) is 11.8 Å². The highest BCUT2D eigenvalue weighted by Gasteiger charge is 2.19. The molecule has 2 atom stereocenters. The van der Waals surface area contributed by atoms with E-state index >= 15 is 0 Å². The summed E-state index contributed by atoms with van der Waals surface area (Å²) in [6.07, 6.45) is 16.1. The van der Waals surface area contributed by atoms with Crippen molar-refractivity contribution in [3.8, 4) is 12.3 Å². The Labute approximate surface area is 93.8 Å². The van der Waals surface area contributed by atoms with E-state index in [0.717, 1.165) is 0 Å². The minimum absolute atomic E-state index is 0.660. The van der Waals surface area contributed by atoms with E-state index in [2.05, 4.69) is 38.8 Å². The summed E-state index contributed by atoms with van der Waals surface area (Å²) in [4.78, 5) is 0. The average Bonchev–Trinajstić information content (AvgIpc) is 2.25. The Bertz CT molecular complexity index is 334. The van der Waals surface area contributed by atoms with Crippen molar-refractivity contribution in [1.82, 2.24) is 0 Å². The topological polar surface area (TPSA) is 0 Å². The summed E-state index contributed by atoms with van der Waals surface area (Å²) in [6.45, 7) is 6.67. The fourth-order valence-corrected chi connectivity index (χ4v) is 2.19. The van der Waals surface area contributed by atoms with Gasteiger partial charge in [0, 0.05) is 0 Å². The van der Waals surface area contributed by atoms with Crippen LogP contribution < -0.4 is 0 Å². The van der Waals surface area contributed by atoms with Crippen molar-refractivity contribution in [2.75, 3.05) is 0 Å². The molecule has 1 rings (SSSR count). The van der Waals surface area contributed by atoms with Crippen molar-refractivity contribution in [3.05, 3.63) is 35.5 Å². The SMILES string of the molecule is C#C/C=C\C(C)=C(/C)C1CCC=CC1C. The van der Waals surface area contributed by atoms with Gasteiger partial charge in [-0.1, -0.05) is 42.2 Å². The first-order valence-electron chi connectivity index (χ1n) is 5.63. The molecule has 0 amide bonds. The van der Waals surface area contributed by atoms with Crippen molar-refractivity contribution >= 4 is 0 Å². The van der Waals surface area contributed by atoms with E-state index in [0.29, 0.717) is 11.8 Å². The quantitative estimate of drug-likeness (QED) is 0.357. The molecule has 2 unspecified atom stereocenters. The first-order valence-corrected chi connectivity index (χ1v) is 5.63. The highest BCUT2D eigenvalue weighted by molar-refractivity contribution is 5.29. The summed E-state index contributed by atoms with van der Waals surface area (Å²) in [7, 11) is 0. The Morgan fingerprint density at radius 2 is 2.20 bits per heavy atom. The number of hydrogen-bond donors (Lipinski definition) is 0. The van der Waals surface area contributed by atoms with Gasteiger partial charge >= 0.3 is 0 Å². The Morgan fingerprint density at radius 1 is 1.47 bits per heavy atom. The molecule has 0 saturated carbocycles. The summed E-state index contributed by atoms with van der Waals surface area (Å²) in [6, 6.07) is 0. The zero-order chi connectivity index (χ0) is 11.3. The molecule has 0 radical (unpaired) electrons. The van der Waals surface area contributed by atoms with Crippen LogP contribution in [0.15, 0.2) is 35.5 Å². The number of terminal acetylenes is 1. The second kappa shape index (κ2) is 5.61. The molecule has 80 valence electrons. The van der Waals surface area contributed by atoms with E-state index in [9.17, 15) is 0 Å². The lowest BCUT2D eigenvalue weighted by atomic mass is 9.79. The maximum atomic E-state index is 5.21. The summed E-state index contributed by atoms with van der Waals surface area (Å²) >= 11 is 0. The van der Waals surface area contributed by atoms with Gasteiger partial charge in [-0.25, -0.2) is 0 Å². The largest absolute Gasteiger partial charge is 0.115 e. The molecule has 0 aromatic carbocycles. The lowest BCUT2D eigenvalue weighted by Crippen LogP contribution is -2.14. The van der Waals surface area contributed by atoms with Crippen molar-refractivity contribution < 1.29 is 0 Å². The maximum absolute atomic E-state index is 5.21. The third-order valence-corrected chi connectivity index (χ3v) is 3.33. The van der Waals surface area contributed by atoms with E-state index in [4.69, 9.17) is 6.42 Å². The van der Waals surface area contributed by atoms with E-state index < -0.39 is 0 Å². The summed E-state index contributed by atoms with van der Waals surface area (Å²) in [5.41, 5.74) is 2.80. The van der Waals surface area contributed by atoms with Crippen molar-refractivity contribution in [3.63, 3.8) is 0 Å². The second-order valence-electron chi connectivity index (χ2n) is 4.34. The molecule has 0 heterocycles. The third-order valence-electron chi connectivity index (χ3n) is 3.33. The van der Waals surface area contributed by atoms with Gasteiger partial charge in [-0.15, -0.1) is 6.42 Å². The van der Waals surface area contributed by atoms with Crippen LogP contribution in [0.3, 0.4) is 0 Å². The van der Waals surface area contributed by atoms with Crippen LogP contribution in [0.5, 0.6) is 0 Å². The summed E-state index contributed by atoms with van der Waals surface area (Å²) in [5.74, 6) is 3.89. The van der Waals surface area contributed by atoms with Gasteiger partial charge in [0.05, 0.1) is 0 Å². The van der Waals surface area contributed by atoms with Gasteiger partial charge in [0.2, 0.25) is 0 Å². The molecule has 0 heteroatoms. The van der Waals surface area contributed by atoms with Crippen LogP contribution in [0.4, 0.5) is 0 Å². The standard InChI is InChI=1S/C15H20/c1-5-6-9-12(2)14(4)15-11-8-7-10-13(15)3/h1,6-7,9-10,13,15H,8,11H2,2-4H3/b9-6-,14-12+. The first kappa shape index (κ1) is 11.9. The molecule has 1 aliphatic rings. The first-order chi connectivity index (χ1) is 7.16. The van der Waals surface area contributed by atoms with E-state index in [-0.39, 0.29) is 0 Å². The van der Waals surface area contributed by atoms with Crippen molar-refractivity contribution in [2.45, 2.75) is 33.6 Å². The molecule has 15 heavy (non-hydrogen) atoms. The van der Waals surface area contributed by atoms with Gasteiger partial charge < -0.3 is 0 Å². The molecule has 0 aromatic rings. The molecular formula is C15H20. The second-order valence-corrected chi connectivity index (χ2v) is 4.34. The van der Waals surface area contributed by atoms with E-state index in [1.54, 1.807) is 6.08 Å². The Morgan fingerprint density at radius 3 is 2.80 bits per heavy atom. The predicted molar refractivity (Wildman–Crippen MR) is 67.4 cm³/mol. The normalized spacial score (nSPS) is 27.6. The number of allylic oxidation sites excluding steroid dienone is 6. The van der Waals surface area contributed by atoms with Crippen LogP contribution in [0, 0.1) is 24.2 Å². The van der Waals surface area contributed by atoms with Gasteiger partial charge in [-0.2, -0.15) is 0 Å². The molecule has 0 saturated heterocycles. The molecule has 0 spiro atoms. The zero-order valence-corrected chi connectivity index (χ0v) is 9.96. The van der Waals surface area contributed by atoms with Gasteiger partial charge in [0.25, 0.3) is 0 Å². The van der Waals surface area contributed by atoms with Gasteiger partial charge in [-0.05, 0) is 44.6 Å². The molecule has 0 aromatic heterocycles. The van der Waals surface area contributed by atoms with Crippen LogP contribution in [0.2, 0.25) is 0 Å². The molecular weight excluding hydrogens is 180 g/mol. The summed E-state index contributed by atoms with van der Waals surface area (Å²) in [5, 5.41) is 0. The van der Waals surface area contributed by atoms with E-state index in [1.807, 2.05) is 6.08 Å². The van der Waals surface area contributed by atoms with E-state index in [1.165, 1.54) is 24.0 Å². The Balaban J connectivity index is 2.83. The average molecular weight is 200 g/mol. The minimum Gasteiger partial charge on any atom is -0.115 e.